The Morgan fingerprint density at radius 3 is 2.43 bits per heavy atom. The predicted molar refractivity (Wildman–Crippen MR) is 76.0 cm³/mol. The third-order valence-electron chi connectivity index (χ3n) is 3.67. The lowest BCUT2D eigenvalue weighted by atomic mass is 10.1. The van der Waals surface area contributed by atoms with Crippen LogP contribution in [-0.4, -0.2) is 59.0 Å². The zero-order chi connectivity index (χ0) is 15.6. The van der Waals surface area contributed by atoms with Crippen LogP contribution in [-0.2, 0) is 4.79 Å². The van der Waals surface area contributed by atoms with E-state index in [0.717, 1.165) is 6.07 Å². The van der Waals surface area contributed by atoms with Crippen LogP contribution in [0.25, 0.3) is 0 Å². The average Bonchev–Trinajstić information content (AvgIpc) is 2.46. The lowest BCUT2D eigenvalue weighted by Crippen LogP contribution is -2.53. The van der Waals surface area contributed by atoms with Crippen LogP contribution in [0.15, 0.2) is 18.2 Å². The molecular formula is C14H16ClFN2O3. The standard InChI is InChI=1S/C14H16ClFN2O3/c1-9(14(20)21)17-4-6-18(7-5-17)13(19)11-3-2-10(15)8-12(11)16/h2-3,8-9H,4-7H2,1H3,(H,20,21). The maximum Gasteiger partial charge on any atom is 0.320 e. The summed E-state index contributed by atoms with van der Waals surface area (Å²) in [5.41, 5.74) is -0.0147. The molecule has 0 radical (unpaired) electrons. The van der Waals surface area contributed by atoms with E-state index >= 15 is 0 Å². The third-order valence-corrected chi connectivity index (χ3v) is 3.90. The normalized spacial score (nSPS) is 17.6. The van der Waals surface area contributed by atoms with Crippen LogP contribution in [0.1, 0.15) is 17.3 Å². The Bertz CT molecular complexity index is 559. The number of rotatable bonds is 3. The molecule has 0 spiro atoms. The number of benzene rings is 1. The van der Waals surface area contributed by atoms with Crippen molar-refractivity contribution in [1.29, 1.82) is 0 Å². The Hall–Kier alpha value is -1.66. The van der Waals surface area contributed by atoms with Gasteiger partial charge in [-0.05, 0) is 25.1 Å². The molecule has 1 fully saturated rings. The van der Waals surface area contributed by atoms with Crippen molar-refractivity contribution >= 4 is 23.5 Å². The highest BCUT2D eigenvalue weighted by molar-refractivity contribution is 6.30. The van der Waals surface area contributed by atoms with Crippen molar-refractivity contribution in [3.63, 3.8) is 0 Å². The van der Waals surface area contributed by atoms with E-state index in [4.69, 9.17) is 16.7 Å². The topological polar surface area (TPSA) is 60.9 Å². The van der Waals surface area contributed by atoms with Gasteiger partial charge in [0, 0.05) is 31.2 Å². The molecule has 1 aliphatic rings. The maximum atomic E-state index is 13.7. The molecular weight excluding hydrogens is 299 g/mol. The zero-order valence-corrected chi connectivity index (χ0v) is 12.3. The number of carbonyl (C=O) groups is 2. The Labute approximate surface area is 126 Å². The molecule has 1 aromatic rings. The Kier molecular flexibility index (Phi) is 4.80. The minimum absolute atomic E-state index is 0.0147. The Morgan fingerprint density at radius 1 is 1.29 bits per heavy atom. The van der Waals surface area contributed by atoms with Crippen LogP contribution in [0.4, 0.5) is 4.39 Å². The van der Waals surface area contributed by atoms with E-state index in [1.807, 2.05) is 0 Å². The molecule has 1 unspecified atom stereocenters. The fourth-order valence-electron chi connectivity index (χ4n) is 2.30. The van der Waals surface area contributed by atoms with Gasteiger partial charge in [-0.15, -0.1) is 0 Å². The average molecular weight is 315 g/mol. The smallest absolute Gasteiger partial charge is 0.320 e. The van der Waals surface area contributed by atoms with Gasteiger partial charge < -0.3 is 10.0 Å². The molecule has 1 heterocycles. The first-order valence-electron chi connectivity index (χ1n) is 6.61. The van der Waals surface area contributed by atoms with Gasteiger partial charge in [-0.3, -0.25) is 14.5 Å². The van der Waals surface area contributed by atoms with Crippen LogP contribution >= 0.6 is 11.6 Å². The Morgan fingerprint density at radius 2 is 1.90 bits per heavy atom. The van der Waals surface area contributed by atoms with Crippen LogP contribution in [0.5, 0.6) is 0 Å². The third kappa shape index (κ3) is 3.51. The highest BCUT2D eigenvalue weighted by Gasteiger charge is 2.28. The van der Waals surface area contributed by atoms with E-state index in [9.17, 15) is 14.0 Å². The summed E-state index contributed by atoms with van der Waals surface area (Å²) in [6, 6.07) is 3.36. The molecule has 1 aliphatic heterocycles. The minimum atomic E-state index is -0.890. The summed E-state index contributed by atoms with van der Waals surface area (Å²) in [6.07, 6.45) is 0. The molecule has 1 amide bonds. The van der Waals surface area contributed by atoms with Gasteiger partial charge in [-0.2, -0.15) is 0 Å². The SMILES string of the molecule is CC(C(=O)O)N1CCN(C(=O)c2ccc(Cl)cc2F)CC1. The van der Waals surface area contributed by atoms with Crippen molar-refractivity contribution in [1.82, 2.24) is 9.80 Å². The summed E-state index contributed by atoms with van der Waals surface area (Å²) < 4.78 is 13.7. The summed E-state index contributed by atoms with van der Waals surface area (Å²) in [5, 5.41) is 9.21. The van der Waals surface area contributed by atoms with Crippen molar-refractivity contribution in [3.05, 3.63) is 34.6 Å². The Balaban J connectivity index is 2.02. The molecule has 1 saturated heterocycles. The molecule has 114 valence electrons. The second kappa shape index (κ2) is 6.41. The first kappa shape index (κ1) is 15.7. The summed E-state index contributed by atoms with van der Waals surface area (Å²) >= 11 is 5.66. The van der Waals surface area contributed by atoms with Crippen molar-refractivity contribution in [2.45, 2.75) is 13.0 Å². The van der Waals surface area contributed by atoms with E-state index in [1.165, 1.54) is 17.0 Å². The fraction of sp³-hybridized carbons (Fsp3) is 0.429. The number of hydrogen-bond acceptors (Lipinski definition) is 3. The van der Waals surface area contributed by atoms with Crippen molar-refractivity contribution in [2.75, 3.05) is 26.2 Å². The highest BCUT2D eigenvalue weighted by Crippen LogP contribution is 2.17. The molecule has 1 N–H and O–H groups in total. The summed E-state index contributed by atoms with van der Waals surface area (Å²) in [5.74, 6) is -1.93. The van der Waals surface area contributed by atoms with Gasteiger partial charge in [0.05, 0.1) is 5.56 Å². The quantitative estimate of drug-likeness (QED) is 0.922. The van der Waals surface area contributed by atoms with Gasteiger partial charge in [-0.1, -0.05) is 11.6 Å². The monoisotopic (exact) mass is 314 g/mol. The van der Waals surface area contributed by atoms with Gasteiger partial charge in [-0.25, -0.2) is 4.39 Å². The summed E-state index contributed by atoms with van der Waals surface area (Å²) in [4.78, 5) is 26.5. The van der Waals surface area contributed by atoms with Gasteiger partial charge >= 0.3 is 5.97 Å². The van der Waals surface area contributed by atoms with Gasteiger partial charge in [0.2, 0.25) is 0 Å². The minimum Gasteiger partial charge on any atom is -0.480 e. The molecule has 0 aromatic heterocycles. The molecule has 1 aromatic carbocycles. The number of carboxylic acids is 1. The van der Waals surface area contributed by atoms with E-state index in [1.54, 1.807) is 11.8 Å². The molecule has 5 nitrogen and oxygen atoms in total. The molecule has 0 bridgehead atoms. The second-order valence-corrected chi connectivity index (χ2v) is 5.40. The number of amides is 1. The number of piperazine rings is 1. The van der Waals surface area contributed by atoms with E-state index in [-0.39, 0.29) is 10.6 Å². The number of hydrogen-bond donors (Lipinski definition) is 1. The number of carboxylic acid groups (broad SMARTS) is 1. The first-order chi connectivity index (χ1) is 9.90. The molecule has 2 rings (SSSR count). The van der Waals surface area contributed by atoms with Crippen molar-refractivity contribution in [3.8, 4) is 0 Å². The van der Waals surface area contributed by atoms with Crippen LogP contribution in [0.3, 0.4) is 0 Å². The van der Waals surface area contributed by atoms with Gasteiger partial charge in [0.1, 0.15) is 11.9 Å². The van der Waals surface area contributed by atoms with Gasteiger partial charge in [0.15, 0.2) is 0 Å². The molecule has 0 aliphatic carbocycles. The summed E-state index contributed by atoms with van der Waals surface area (Å²) in [6.45, 7) is 3.26. The molecule has 21 heavy (non-hydrogen) atoms. The lowest BCUT2D eigenvalue weighted by molar-refractivity contribution is -0.143. The second-order valence-electron chi connectivity index (χ2n) is 4.97. The number of aliphatic carboxylic acids is 1. The van der Waals surface area contributed by atoms with Crippen molar-refractivity contribution in [2.24, 2.45) is 0 Å². The zero-order valence-electron chi connectivity index (χ0n) is 11.6. The van der Waals surface area contributed by atoms with E-state index in [2.05, 4.69) is 0 Å². The maximum absolute atomic E-state index is 13.7. The fourth-order valence-corrected chi connectivity index (χ4v) is 2.46. The van der Waals surface area contributed by atoms with Gasteiger partial charge in [0.25, 0.3) is 5.91 Å². The number of nitrogens with zero attached hydrogens (tertiary/aromatic N) is 2. The predicted octanol–water partition coefficient (Wildman–Crippen LogP) is 1.71. The lowest BCUT2D eigenvalue weighted by Gasteiger charge is -2.36. The molecule has 1 atom stereocenters. The van der Waals surface area contributed by atoms with Crippen LogP contribution in [0.2, 0.25) is 5.02 Å². The van der Waals surface area contributed by atoms with Crippen LogP contribution in [0, 0.1) is 5.82 Å². The van der Waals surface area contributed by atoms with Crippen molar-refractivity contribution < 1.29 is 19.1 Å². The van der Waals surface area contributed by atoms with E-state index in [0.29, 0.717) is 26.2 Å². The molecule has 0 saturated carbocycles. The van der Waals surface area contributed by atoms with Crippen LogP contribution < -0.4 is 0 Å². The number of halogens is 2. The largest absolute Gasteiger partial charge is 0.480 e. The van der Waals surface area contributed by atoms with E-state index < -0.39 is 23.7 Å². The first-order valence-corrected chi connectivity index (χ1v) is 6.99. The summed E-state index contributed by atoms with van der Waals surface area (Å²) in [7, 11) is 0. The molecule has 7 heteroatoms. The number of carbonyl (C=O) groups excluding carboxylic acids is 1. The highest BCUT2D eigenvalue weighted by atomic mass is 35.5.